The van der Waals surface area contributed by atoms with Gasteiger partial charge in [0.1, 0.15) is 0 Å². The average molecular weight is 265 g/mol. The normalized spacial score (nSPS) is 14.1. The molecule has 20 heavy (non-hydrogen) atoms. The molecule has 102 valence electrons. The number of hydrogen-bond acceptors (Lipinski definition) is 1. The zero-order chi connectivity index (χ0) is 14.1. The van der Waals surface area contributed by atoms with Crippen molar-refractivity contribution in [2.75, 3.05) is 0 Å². The van der Waals surface area contributed by atoms with Crippen LogP contribution in [0.3, 0.4) is 0 Å². The first-order valence-electron chi connectivity index (χ1n) is 7.09. The molecule has 0 aliphatic heterocycles. The lowest BCUT2D eigenvalue weighted by Gasteiger charge is -2.14. The second-order valence-electron chi connectivity index (χ2n) is 5.59. The van der Waals surface area contributed by atoms with Crippen LogP contribution >= 0.6 is 0 Å². The zero-order valence-corrected chi connectivity index (χ0v) is 11.9. The van der Waals surface area contributed by atoms with E-state index in [9.17, 15) is 4.79 Å². The summed E-state index contributed by atoms with van der Waals surface area (Å²) in [6.45, 7) is 4.05. The summed E-state index contributed by atoms with van der Waals surface area (Å²) in [5.41, 5.74) is 5.74. The van der Waals surface area contributed by atoms with Crippen LogP contribution in [0.15, 0.2) is 42.5 Å². The van der Waals surface area contributed by atoms with E-state index in [2.05, 4.69) is 29.6 Å². The summed E-state index contributed by atoms with van der Waals surface area (Å²) in [7, 11) is 0. The predicted octanol–water partition coefficient (Wildman–Crippen LogP) is 3.20. The van der Waals surface area contributed by atoms with Gasteiger partial charge in [-0.1, -0.05) is 36.4 Å². The first kappa shape index (κ1) is 12.9. The molecular formula is C18H19NO. The summed E-state index contributed by atoms with van der Waals surface area (Å²) in [6.07, 6.45) is 1.87. The lowest BCUT2D eigenvalue weighted by atomic mass is 10.0. The molecule has 0 bridgehead atoms. The lowest BCUT2D eigenvalue weighted by molar-refractivity contribution is 0.0938. The Morgan fingerprint density at radius 2 is 1.65 bits per heavy atom. The first-order valence-corrected chi connectivity index (χ1v) is 7.09. The van der Waals surface area contributed by atoms with E-state index >= 15 is 0 Å². The number of carbonyl (C=O) groups excluding carboxylic acids is 1. The van der Waals surface area contributed by atoms with E-state index in [1.807, 2.05) is 32.0 Å². The van der Waals surface area contributed by atoms with Gasteiger partial charge in [0.2, 0.25) is 0 Å². The maximum Gasteiger partial charge on any atom is 0.251 e. The topological polar surface area (TPSA) is 29.1 Å². The Hall–Kier alpha value is -2.09. The fourth-order valence-electron chi connectivity index (χ4n) is 2.92. The molecule has 0 aromatic heterocycles. The fourth-order valence-corrected chi connectivity index (χ4v) is 2.92. The minimum absolute atomic E-state index is 0.0454. The molecule has 1 aliphatic rings. The molecule has 1 amide bonds. The molecule has 0 fully saturated rings. The molecule has 0 saturated carbocycles. The summed E-state index contributed by atoms with van der Waals surface area (Å²) in [5, 5.41) is 3.17. The quantitative estimate of drug-likeness (QED) is 0.887. The molecular weight excluding hydrogens is 246 g/mol. The fraction of sp³-hybridized carbons (Fsp3) is 0.278. The summed E-state index contributed by atoms with van der Waals surface area (Å²) >= 11 is 0. The van der Waals surface area contributed by atoms with Crippen LogP contribution in [-0.4, -0.2) is 11.9 Å². The maximum absolute atomic E-state index is 12.4. The van der Waals surface area contributed by atoms with Crippen LogP contribution in [0.25, 0.3) is 0 Å². The third-order valence-electron chi connectivity index (χ3n) is 4.24. The highest BCUT2D eigenvalue weighted by Crippen LogP contribution is 2.22. The van der Waals surface area contributed by atoms with Gasteiger partial charge in [0, 0.05) is 11.6 Å². The molecule has 2 aromatic carbocycles. The molecule has 1 N–H and O–H groups in total. The molecule has 2 heteroatoms. The van der Waals surface area contributed by atoms with Crippen LogP contribution in [0, 0.1) is 13.8 Å². The van der Waals surface area contributed by atoms with Gasteiger partial charge in [-0.25, -0.2) is 0 Å². The molecule has 0 radical (unpaired) electrons. The third-order valence-corrected chi connectivity index (χ3v) is 4.24. The van der Waals surface area contributed by atoms with Gasteiger partial charge in [0.15, 0.2) is 0 Å². The molecule has 0 atom stereocenters. The van der Waals surface area contributed by atoms with E-state index in [4.69, 9.17) is 0 Å². The maximum atomic E-state index is 12.4. The van der Waals surface area contributed by atoms with Gasteiger partial charge >= 0.3 is 0 Å². The standard InChI is InChI=1S/C18H19NO/c1-12-6-5-9-17(13(12)2)18(20)19-16-10-14-7-3-4-8-15(14)11-16/h3-9,16H,10-11H2,1-2H3,(H,19,20). The minimum Gasteiger partial charge on any atom is -0.349 e. The van der Waals surface area contributed by atoms with Gasteiger partial charge < -0.3 is 5.32 Å². The van der Waals surface area contributed by atoms with Crippen molar-refractivity contribution in [1.29, 1.82) is 0 Å². The minimum atomic E-state index is 0.0454. The lowest BCUT2D eigenvalue weighted by Crippen LogP contribution is -2.35. The summed E-state index contributed by atoms with van der Waals surface area (Å²) in [4.78, 5) is 12.4. The Kier molecular flexibility index (Phi) is 3.31. The van der Waals surface area contributed by atoms with Crippen LogP contribution in [0.2, 0.25) is 0 Å². The summed E-state index contributed by atoms with van der Waals surface area (Å²) in [6, 6.07) is 14.5. The Balaban J connectivity index is 1.74. The third kappa shape index (κ3) is 2.34. The van der Waals surface area contributed by atoms with E-state index in [1.165, 1.54) is 11.1 Å². The van der Waals surface area contributed by atoms with Crippen LogP contribution in [0.5, 0.6) is 0 Å². The van der Waals surface area contributed by atoms with Gasteiger partial charge in [0.05, 0.1) is 0 Å². The van der Waals surface area contributed by atoms with Crippen molar-refractivity contribution in [3.63, 3.8) is 0 Å². The van der Waals surface area contributed by atoms with Crippen molar-refractivity contribution in [3.8, 4) is 0 Å². The van der Waals surface area contributed by atoms with Gasteiger partial charge in [-0.2, -0.15) is 0 Å². The van der Waals surface area contributed by atoms with E-state index in [1.54, 1.807) is 0 Å². The predicted molar refractivity (Wildman–Crippen MR) is 81.0 cm³/mol. The van der Waals surface area contributed by atoms with Gasteiger partial charge in [-0.05, 0) is 55.0 Å². The van der Waals surface area contributed by atoms with Crippen molar-refractivity contribution >= 4 is 5.91 Å². The molecule has 0 saturated heterocycles. The van der Waals surface area contributed by atoms with Gasteiger partial charge in [-0.15, -0.1) is 0 Å². The van der Waals surface area contributed by atoms with Gasteiger partial charge in [0.25, 0.3) is 5.91 Å². The molecule has 0 unspecified atom stereocenters. The molecule has 0 spiro atoms. The van der Waals surface area contributed by atoms with Crippen LogP contribution in [-0.2, 0) is 12.8 Å². The smallest absolute Gasteiger partial charge is 0.251 e. The van der Waals surface area contributed by atoms with E-state index < -0.39 is 0 Å². The Bertz CT molecular complexity index is 635. The van der Waals surface area contributed by atoms with Crippen molar-refractivity contribution in [2.45, 2.75) is 32.7 Å². The Morgan fingerprint density at radius 1 is 1.00 bits per heavy atom. The van der Waals surface area contributed by atoms with Crippen LogP contribution in [0.4, 0.5) is 0 Å². The number of carbonyl (C=O) groups is 1. The highest BCUT2D eigenvalue weighted by atomic mass is 16.1. The Morgan fingerprint density at radius 3 is 2.30 bits per heavy atom. The molecule has 1 aliphatic carbocycles. The average Bonchev–Trinajstić information content (AvgIpc) is 2.83. The number of amides is 1. The van der Waals surface area contributed by atoms with Gasteiger partial charge in [-0.3, -0.25) is 4.79 Å². The van der Waals surface area contributed by atoms with Crippen LogP contribution < -0.4 is 5.32 Å². The van der Waals surface area contributed by atoms with Crippen molar-refractivity contribution in [1.82, 2.24) is 5.32 Å². The van der Waals surface area contributed by atoms with E-state index in [0.717, 1.165) is 29.5 Å². The zero-order valence-electron chi connectivity index (χ0n) is 11.9. The number of fused-ring (bicyclic) bond motifs is 1. The van der Waals surface area contributed by atoms with Crippen molar-refractivity contribution in [2.24, 2.45) is 0 Å². The molecule has 2 aromatic rings. The van der Waals surface area contributed by atoms with E-state index in [0.29, 0.717) is 0 Å². The summed E-state index contributed by atoms with van der Waals surface area (Å²) < 4.78 is 0. The highest BCUT2D eigenvalue weighted by molar-refractivity contribution is 5.96. The van der Waals surface area contributed by atoms with Crippen molar-refractivity contribution < 1.29 is 4.79 Å². The molecule has 3 rings (SSSR count). The number of aryl methyl sites for hydroxylation is 1. The molecule has 2 nitrogen and oxygen atoms in total. The second kappa shape index (κ2) is 5.12. The van der Waals surface area contributed by atoms with Crippen LogP contribution in [0.1, 0.15) is 32.6 Å². The molecule has 0 heterocycles. The number of benzene rings is 2. The highest BCUT2D eigenvalue weighted by Gasteiger charge is 2.23. The monoisotopic (exact) mass is 265 g/mol. The second-order valence-corrected chi connectivity index (χ2v) is 5.59. The SMILES string of the molecule is Cc1cccc(C(=O)NC2Cc3ccccc3C2)c1C. The summed E-state index contributed by atoms with van der Waals surface area (Å²) in [5.74, 6) is 0.0454. The number of hydrogen-bond donors (Lipinski definition) is 1. The van der Waals surface area contributed by atoms with Crippen molar-refractivity contribution in [3.05, 3.63) is 70.3 Å². The largest absolute Gasteiger partial charge is 0.349 e. The Labute approximate surface area is 119 Å². The number of rotatable bonds is 2. The van der Waals surface area contributed by atoms with E-state index in [-0.39, 0.29) is 11.9 Å². The number of nitrogens with one attached hydrogen (secondary N) is 1. The first-order chi connectivity index (χ1) is 9.65.